The Hall–Kier alpha value is 4.62. The van der Waals surface area contributed by atoms with Crippen LogP contribution < -0.4 is 0 Å². The lowest BCUT2D eigenvalue weighted by molar-refractivity contribution is 0.0435. The molecule has 0 aromatic carbocycles. The van der Waals surface area contributed by atoms with Crippen LogP contribution in [0.1, 0.15) is 101 Å². The summed E-state index contributed by atoms with van der Waals surface area (Å²) in [6, 6.07) is 0.610. The first kappa shape index (κ1) is 108. The van der Waals surface area contributed by atoms with E-state index in [0.717, 1.165) is 30.3 Å². The average Bonchev–Trinajstić information content (AvgIpc) is 1.54. The van der Waals surface area contributed by atoms with Crippen LogP contribution in [-0.2, 0) is 82.3 Å². The second-order valence-electron chi connectivity index (χ2n) is 45.6. The van der Waals surface area contributed by atoms with Gasteiger partial charge in [0, 0.05) is 96.8 Å². The molecule has 8 bridgehead atoms. The van der Waals surface area contributed by atoms with Crippen molar-refractivity contribution >= 4 is 211 Å². The van der Waals surface area contributed by atoms with Gasteiger partial charge in [0.25, 0.3) is 0 Å². The van der Waals surface area contributed by atoms with Crippen molar-refractivity contribution in [3.8, 4) is 0 Å². The Morgan fingerprint density at radius 1 is 0.279 bits per heavy atom. The van der Waals surface area contributed by atoms with Crippen LogP contribution in [0.3, 0.4) is 0 Å². The maximum absolute atomic E-state index is 6.92. The predicted octanol–water partition coefficient (Wildman–Crippen LogP) is 23.3. The second-order valence-corrected chi connectivity index (χ2v) is 153. The quantitative estimate of drug-likeness (QED) is 0.125. The van der Waals surface area contributed by atoms with Crippen LogP contribution >= 0.6 is 0 Å². The zero-order valence-corrected chi connectivity index (χ0v) is 106. The first-order chi connectivity index (χ1) is 48.9. The van der Waals surface area contributed by atoms with Crippen molar-refractivity contribution in [2.75, 3.05) is 0 Å². The Kier molecular flexibility index (Phi) is 36.1. The van der Waals surface area contributed by atoms with Gasteiger partial charge in [0.2, 0.25) is 0 Å². The first-order valence-corrected chi connectivity index (χ1v) is 112. The van der Waals surface area contributed by atoms with Crippen LogP contribution in [0.25, 0.3) is 0 Å². The third-order valence-electron chi connectivity index (χ3n) is 23.0. The van der Waals surface area contributed by atoms with Gasteiger partial charge in [-0.05, 0) is 146 Å². The van der Waals surface area contributed by atoms with Crippen molar-refractivity contribution in [2.24, 2.45) is 5.92 Å². The molecule has 45 heteroatoms. The third kappa shape index (κ3) is 32.5. The third-order valence-corrected chi connectivity index (χ3v) is 160. The highest BCUT2D eigenvalue weighted by Gasteiger charge is 2.82. The SMILES string of the molecule is CCC(C)C[Si]12O[SiH]3O[Si]4(C)O[Si]5(C)O[Si](C)(O3)O[Si](C)(O1)[Si](C)(O5)O[Si](C)(O4)O2.CCC(C)[Si](C[Si](C)(C)C)(C[Si](C)(C)C)C[Si](C)(C)C.CCC(C)[Si]1(C)C[Si](C)(C)C[Si](C)(C)C[Si](C)(C)C1.CCC(C)[Si]1(C)O[Si](C)(C)O[Si](C)(C)O[Si](C)(C)O1.CCC(C)[Si]1(C)O[Si](C)(C)O[Si](C)(C)O[Si](C)(C)O[Si](C)(C)O1. The summed E-state index contributed by atoms with van der Waals surface area (Å²) in [5, 5.41) is 0. The lowest BCUT2D eigenvalue weighted by Crippen LogP contribution is -2.75. The van der Waals surface area contributed by atoms with Gasteiger partial charge in [-0.2, -0.15) is 0 Å². The molecule has 9 rings (SSSR count). The van der Waals surface area contributed by atoms with E-state index in [1.807, 2.05) is 32.7 Å². The molecule has 0 aliphatic carbocycles. The summed E-state index contributed by atoms with van der Waals surface area (Å²) in [6.45, 7) is 111. The zero-order chi connectivity index (χ0) is 86.8. The predicted molar refractivity (Wildman–Crippen MR) is 527 cm³/mol. The van der Waals surface area contributed by atoms with Gasteiger partial charge in [-0.3, -0.25) is 0 Å². The molecule has 660 valence electrons. The summed E-state index contributed by atoms with van der Waals surface area (Å²) in [7, 11) is -54.0. The normalized spacial score (nSPS) is 35.9. The molecule has 9 saturated heterocycles. The fourth-order valence-electron chi connectivity index (χ4n) is 21.1. The van der Waals surface area contributed by atoms with E-state index in [0.29, 0.717) is 23.0 Å². The van der Waals surface area contributed by atoms with E-state index in [2.05, 4.69) is 279 Å². The van der Waals surface area contributed by atoms with Gasteiger partial charge in [-0.15, -0.1) is 0 Å². The lowest BCUT2D eigenvalue weighted by atomic mass is 10.2. The summed E-state index contributed by atoms with van der Waals surface area (Å²) in [6.07, 6.45) is 5.91. The van der Waals surface area contributed by atoms with E-state index in [4.69, 9.17) is 82.3 Å². The molecule has 0 radical (unpaired) electrons. The van der Waals surface area contributed by atoms with Crippen LogP contribution in [0.4, 0.5) is 0 Å². The van der Waals surface area contributed by atoms with Crippen LogP contribution in [0.2, 0.25) is 317 Å². The minimum Gasteiger partial charge on any atom is -0.416 e. The van der Waals surface area contributed by atoms with E-state index in [1.54, 1.807) is 46.2 Å². The highest BCUT2D eigenvalue weighted by Crippen LogP contribution is 2.53. The molecule has 13 atom stereocenters. The van der Waals surface area contributed by atoms with Crippen molar-refractivity contribution < 1.29 is 82.3 Å². The molecule has 0 spiro atoms. The van der Waals surface area contributed by atoms with Crippen LogP contribution in [0.15, 0.2) is 0 Å². The molecule has 111 heavy (non-hydrogen) atoms. The van der Waals surface area contributed by atoms with Crippen LogP contribution in [0.5, 0.6) is 0 Å². The largest absolute Gasteiger partial charge is 0.477 e. The number of rotatable bonds is 17. The average molecular weight is 1990 g/mol. The van der Waals surface area contributed by atoms with Crippen molar-refractivity contribution in [3.63, 3.8) is 0 Å². The van der Waals surface area contributed by atoms with Crippen molar-refractivity contribution in [1.29, 1.82) is 0 Å². The maximum atomic E-state index is 6.92. The Morgan fingerprint density at radius 2 is 0.550 bits per heavy atom. The molecule has 9 fully saturated rings. The van der Waals surface area contributed by atoms with E-state index >= 15 is 0 Å². The Labute approximate surface area is 711 Å². The molecule has 0 aromatic heterocycles. The van der Waals surface area contributed by atoms with E-state index in [-0.39, 0.29) is 0 Å². The van der Waals surface area contributed by atoms with Crippen molar-refractivity contribution in [1.82, 2.24) is 0 Å². The molecule has 0 saturated carbocycles. The highest BCUT2D eigenvalue weighted by atomic mass is 29.3. The molecule has 9 aliphatic rings. The summed E-state index contributed by atoms with van der Waals surface area (Å²) >= 11 is 0. The molecule has 20 nitrogen and oxygen atoms in total. The first-order valence-electron chi connectivity index (χ1n) is 42.8. The Bertz CT molecular complexity index is 2860. The van der Waals surface area contributed by atoms with Crippen molar-refractivity contribution in [2.45, 2.75) is 418 Å². The number of hydrogen-bond acceptors (Lipinski definition) is 20. The summed E-state index contributed by atoms with van der Waals surface area (Å²) in [5.41, 5.74) is 14.8. The van der Waals surface area contributed by atoms with Gasteiger partial charge < -0.3 is 82.3 Å². The smallest absolute Gasteiger partial charge is 0.416 e. The van der Waals surface area contributed by atoms with Crippen LogP contribution in [0, 0.1) is 5.92 Å². The molecular formula is C66H176O20Si25. The Morgan fingerprint density at radius 3 is 0.838 bits per heavy atom. The standard InChI is InChI=1S/C16H42Si4.C15H38Si4.C13H36O5Si5.C11H30O11Si8.C11H30O4Si4/c1-12-16(2)20(13-17(3,4)5,14-18(6,7)8)15-19(9,10)11;1-10-15(2)19(9)13-17(5,6)11-16(3,4)12-18(7,8)14-19;1-12-13(2)23(11)17-21(7,8)15-19(3,4)14-20(5,6)16-22(9,10)18-23;1-9-11(2)10-30-14-23-12-24(3)15-26(5)17-25(4,13-23)18-29(8,22-30)28(7,19-26)20-27(6,16-24)21-30;1-10-11(2)19(9)14-17(5,6)12-16(3,4)13-18(7,8)15-19/h16H,12-15H2,1-11H3;15H,10-14H2,1-9H3;13H,12H2,1-11H3;11,23H,9-10H2,1-8H3;11H,10H2,1-9H3. The van der Waals surface area contributed by atoms with Gasteiger partial charge in [0.05, 0.1) is 0 Å². The number of hydrogen-bond donors (Lipinski definition) is 0. The van der Waals surface area contributed by atoms with Gasteiger partial charge in [-0.1, -0.05) is 246 Å². The monoisotopic (exact) mass is 1990 g/mol. The minimum absolute atomic E-state index is 0.309. The molecule has 13 unspecified atom stereocenters. The van der Waals surface area contributed by atoms with Crippen LogP contribution in [-0.4, -0.2) is 211 Å². The van der Waals surface area contributed by atoms with Gasteiger partial charge in [0.1, 0.15) is 0 Å². The van der Waals surface area contributed by atoms with Gasteiger partial charge in [0.15, 0.2) is 0 Å². The molecule has 0 N–H and O–H groups in total. The minimum atomic E-state index is -3.33. The fourth-order valence-corrected chi connectivity index (χ4v) is 209. The Balaban J connectivity index is 0.000000297. The molecule has 0 amide bonds. The molecular weight excluding hydrogens is 1810 g/mol. The summed E-state index contributed by atoms with van der Waals surface area (Å²) < 4.78 is 131. The highest BCUT2D eigenvalue weighted by molar-refractivity contribution is 7.37. The van der Waals surface area contributed by atoms with Gasteiger partial charge in [-0.25, -0.2) is 0 Å². The topological polar surface area (TPSA) is 185 Å². The van der Waals surface area contributed by atoms with E-state index in [1.165, 1.54) is 12.8 Å². The van der Waals surface area contributed by atoms with Gasteiger partial charge >= 0.3 is 147 Å². The molecule has 9 aliphatic heterocycles. The molecule has 0 aromatic rings. The fraction of sp³-hybridized carbons (Fsp3) is 1.00. The zero-order valence-electron chi connectivity index (χ0n) is 80.8. The van der Waals surface area contributed by atoms with E-state index < -0.39 is 211 Å². The summed E-state index contributed by atoms with van der Waals surface area (Å²) in [4.78, 5) is 0. The lowest BCUT2D eigenvalue weighted by Gasteiger charge is -2.51. The van der Waals surface area contributed by atoms with E-state index in [9.17, 15) is 0 Å². The molecule has 9 heterocycles. The summed E-state index contributed by atoms with van der Waals surface area (Å²) in [5.74, 6) is 0.309. The maximum Gasteiger partial charge on any atom is 0.477 e. The van der Waals surface area contributed by atoms with Crippen molar-refractivity contribution in [3.05, 3.63) is 0 Å². The second kappa shape index (κ2) is 37.1.